The number of carboxylic acids is 1. The molecule has 184 valence electrons. The van der Waals surface area contributed by atoms with Gasteiger partial charge in [-0.25, -0.2) is 4.79 Å². The van der Waals surface area contributed by atoms with Gasteiger partial charge in [0.05, 0.1) is 24.9 Å². The highest BCUT2D eigenvalue weighted by molar-refractivity contribution is 6.04. The molecule has 7 heteroatoms. The van der Waals surface area contributed by atoms with Crippen molar-refractivity contribution in [3.05, 3.63) is 64.3 Å². The van der Waals surface area contributed by atoms with Crippen LogP contribution in [0.5, 0.6) is 5.75 Å². The SMILES string of the molecule is COC1C(C)=C(C(=O)O)C(C)=C(C)C1(C)C=CC(=O)c1ccc(OCCN2CCOCC2)cc1. The van der Waals surface area contributed by atoms with Crippen LogP contribution in [0, 0.1) is 5.41 Å². The van der Waals surface area contributed by atoms with Crippen molar-refractivity contribution in [2.75, 3.05) is 46.6 Å². The summed E-state index contributed by atoms with van der Waals surface area (Å²) < 4.78 is 16.9. The van der Waals surface area contributed by atoms with E-state index in [2.05, 4.69) is 4.90 Å². The molecule has 0 radical (unpaired) electrons. The minimum atomic E-state index is -0.967. The van der Waals surface area contributed by atoms with Crippen LogP contribution in [-0.4, -0.2) is 74.4 Å². The number of aliphatic carboxylic acids is 1. The molecule has 1 aliphatic carbocycles. The van der Waals surface area contributed by atoms with Crippen LogP contribution < -0.4 is 4.74 Å². The number of hydrogen-bond acceptors (Lipinski definition) is 6. The molecule has 2 atom stereocenters. The number of allylic oxidation sites excluding steroid dienone is 1. The summed E-state index contributed by atoms with van der Waals surface area (Å²) in [6, 6.07) is 7.13. The summed E-state index contributed by atoms with van der Waals surface area (Å²) in [5.74, 6) is -0.373. The molecule has 1 saturated heterocycles. The van der Waals surface area contributed by atoms with E-state index in [9.17, 15) is 14.7 Å². The first-order chi connectivity index (χ1) is 16.2. The van der Waals surface area contributed by atoms with E-state index in [0.717, 1.165) is 44.2 Å². The van der Waals surface area contributed by atoms with Crippen molar-refractivity contribution in [1.29, 1.82) is 0 Å². The molecule has 0 amide bonds. The van der Waals surface area contributed by atoms with Gasteiger partial charge in [0.2, 0.25) is 0 Å². The van der Waals surface area contributed by atoms with E-state index < -0.39 is 17.5 Å². The predicted octanol–water partition coefficient (Wildman–Crippen LogP) is 3.91. The lowest BCUT2D eigenvalue weighted by molar-refractivity contribution is -0.132. The van der Waals surface area contributed by atoms with Crippen LogP contribution in [0.2, 0.25) is 0 Å². The van der Waals surface area contributed by atoms with Crippen LogP contribution in [0.1, 0.15) is 38.1 Å². The van der Waals surface area contributed by atoms with Gasteiger partial charge in [0.1, 0.15) is 12.4 Å². The monoisotopic (exact) mass is 469 g/mol. The smallest absolute Gasteiger partial charge is 0.335 e. The molecular formula is C27H35NO6. The highest BCUT2D eigenvalue weighted by Gasteiger charge is 2.42. The number of carbonyl (C=O) groups excluding carboxylic acids is 1. The van der Waals surface area contributed by atoms with Gasteiger partial charge in [0.25, 0.3) is 0 Å². The van der Waals surface area contributed by atoms with Crippen molar-refractivity contribution < 1.29 is 28.9 Å². The van der Waals surface area contributed by atoms with Gasteiger partial charge in [-0.3, -0.25) is 9.69 Å². The lowest BCUT2D eigenvalue weighted by Crippen LogP contribution is -2.39. The Kier molecular flexibility index (Phi) is 8.47. The first-order valence-corrected chi connectivity index (χ1v) is 11.6. The molecule has 1 N–H and O–H groups in total. The predicted molar refractivity (Wildman–Crippen MR) is 130 cm³/mol. The molecule has 0 aromatic heterocycles. The maximum absolute atomic E-state index is 12.9. The van der Waals surface area contributed by atoms with Gasteiger partial charge in [-0.15, -0.1) is 0 Å². The molecule has 2 aliphatic rings. The molecule has 1 fully saturated rings. The first kappa shape index (κ1) is 25.9. The topological polar surface area (TPSA) is 85.3 Å². The number of carboxylic acid groups (broad SMARTS) is 1. The molecule has 34 heavy (non-hydrogen) atoms. The minimum Gasteiger partial charge on any atom is -0.492 e. The Bertz CT molecular complexity index is 1000. The second-order valence-corrected chi connectivity index (χ2v) is 9.04. The molecule has 1 heterocycles. The zero-order valence-corrected chi connectivity index (χ0v) is 20.7. The summed E-state index contributed by atoms with van der Waals surface area (Å²) in [5, 5.41) is 9.65. The van der Waals surface area contributed by atoms with Gasteiger partial charge in [-0.1, -0.05) is 11.6 Å². The number of morpholine rings is 1. The van der Waals surface area contributed by atoms with Gasteiger partial charge in [-0.2, -0.15) is 0 Å². The zero-order chi connectivity index (χ0) is 24.9. The van der Waals surface area contributed by atoms with E-state index in [0.29, 0.717) is 23.3 Å². The average Bonchev–Trinajstić information content (AvgIpc) is 2.82. The number of rotatable bonds is 9. The van der Waals surface area contributed by atoms with Crippen molar-refractivity contribution in [3.8, 4) is 5.75 Å². The van der Waals surface area contributed by atoms with Gasteiger partial charge in [0, 0.05) is 37.7 Å². The Labute approximate surface area is 201 Å². The average molecular weight is 470 g/mol. The highest BCUT2D eigenvalue weighted by Crippen LogP contribution is 2.45. The van der Waals surface area contributed by atoms with Crippen molar-refractivity contribution in [3.63, 3.8) is 0 Å². The van der Waals surface area contributed by atoms with Crippen LogP contribution in [0.25, 0.3) is 0 Å². The second kappa shape index (κ2) is 11.1. The molecular weight excluding hydrogens is 434 g/mol. The number of ether oxygens (including phenoxy) is 3. The van der Waals surface area contributed by atoms with Crippen LogP contribution in [0.15, 0.2) is 58.7 Å². The number of methoxy groups -OCH3 is 1. The molecule has 0 saturated carbocycles. The third-order valence-electron chi connectivity index (χ3n) is 7.03. The maximum Gasteiger partial charge on any atom is 0.335 e. The number of benzene rings is 1. The number of ketones is 1. The Morgan fingerprint density at radius 2 is 1.82 bits per heavy atom. The second-order valence-electron chi connectivity index (χ2n) is 9.04. The lowest BCUT2D eigenvalue weighted by Gasteiger charge is -2.41. The molecule has 0 bridgehead atoms. The summed E-state index contributed by atoms with van der Waals surface area (Å²) in [5.41, 5.74) is 2.43. The summed E-state index contributed by atoms with van der Waals surface area (Å²) in [7, 11) is 1.56. The Morgan fingerprint density at radius 3 is 2.41 bits per heavy atom. The van der Waals surface area contributed by atoms with Crippen molar-refractivity contribution in [1.82, 2.24) is 4.90 Å². The van der Waals surface area contributed by atoms with Crippen molar-refractivity contribution in [2.24, 2.45) is 5.41 Å². The summed E-state index contributed by atoms with van der Waals surface area (Å²) in [4.78, 5) is 27.0. The number of nitrogens with zero attached hydrogens (tertiary/aromatic N) is 1. The number of hydrogen-bond donors (Lipinski definition) is 1. The third-order valence-corrected chi connectivity index (χ3v) is 7.03. The molecule has 0 spiro atoms. The first-order valence-electron chi connectivity index (χ1n) is 11.6. The summed E-state index contributed by atoms with van der Waals surface area (Å²) in [6.45, 7) is 12.3. The van der Waals surface area contributed by atoms with Crippen LogP contribution in [0.3, 0.4) is 0 Å². The fourth-order valence-corrected chi connectivity index (χ4v) is 4.81. The van der Waals surface area contributed by atoms with E-state index in [-0.39, 0.29) is 11.4 Å². The van der Waals surface area contributed by atoms with Gasteiger partial charge in [0.15, 0.2) is 5.78 Å². The van der Waals surface area contributed by atoms with Crippen LogP contribution in [-0.2, 0) is 14.3 Å². The quantitative estimate of drug-likeness (QED) is 0.434. The Hall–Kier alpha value is -2.74. The lowest BCUT2D eigenvalue weighted by atomic mass is 9.67. The van der Waals surface area contributed by atoms with E-state index in [1.807, 2.05) is 32.1 Å². The fourth-order valence-electron chi connectivity index (χ4n) is 4.81. The van der Waals surface area contributed by atoms with E-state index in [1.165, 1.54) is 0 Å². The molecule has 1 aliphatic heterocycles. The summed E-state index contributed by atoms with van der Waals surface area (Å²) >= 11 is 0. The molecule has 3 rings (SSSR count). The zero-order valence-electron chi connectivity index (χ0n) is 20.7. The van der Waals surface area contributed by atoms with Gasteiger partial charge >= 0.3 is 5.97 Å². The number of carbonyl (C=O) groups is 2. The summed E-state index contributed by atoms with van der Waals surface area (Å²) in [6.07, 6.45) is 2.90. The Balaban J connectivity index is 1.67. The van der Waals surface area contributed by atoms with E-state index >= 15 is 0 Å². The van der Waals surface area contributed by atoms with E-state index in [1.54, 1.807) is 39.2 Å². The largest absolute Gasteiger partial charge is 0.492 e. The van der Waals surface area contributed by atoms with Gasteiger partial charge in [-0.05, 0) is 69.2 Å². The molecule has 1 aromatic rings. The molecule has 1 aromatic carbocycles. The van der Waals surface area contributed by atoms with Crippen molar-refractivity contribution in [2.45, 2.75) is 33.8 Å². The fraction of sp³-hybridized carbons (Fsp3) is 0.481. The molecule has 7 nitrogen and oxygen atoms in total. The maximum atomic E-state index is 12.9. The Morgan fingerprint density at radius 1 is 1.18 bits per heavy atom. The minimum absolute atomic E-state index is 0.132. The van der Waals surface area contributed by atoms with Crippen LogP contribution in [0.4, 0.5) is 0 Å². The third kappa shape index (κ3) is 5.49. The standard InChI is InChI=1S/C27H35NO6/c1-18-20(3)27(4,25(32-5)19(2)24(18)26(30)31)11-10-23(29)21-6-8-22(9-7-21)34-17-14-28-12-15-33-16-13-28/h6-11,25H,12-17H2,1-5H3,(H,30,31). The van der Waals surface area contributed by atoms with Crippen molar-refractivity contribution >= 4 is 11.8 Å². The highest BCUT2D eigenvalue weighted by atomic mass is 16.5. The normalized spacial score (nSPS) is 24.1. The van der Waals surface area contributed by atoms with E-state index in [4.69, 9.17) is 14.2 Å². The molecule has 2 unspecified atom stereocenters. The van der Waals surface area contributed by atoms with Gasteiger partial charge < -0.3 is 19.3 Å². The van der Waals surface area contributed by atoms with Crippen LogP contribution >= 0.6 is 0 Å².